The summed E-state index contributed by atoms with van der Waals surface area (Å²) >= 11 is 0. The van der Waals surface area contributed by atoms with Crippen LogP contribution in [0.5, 0.6) is 0 Å². The quantitative estimate of drug-likeness (QED) is 0.846. The molecular formula is C20H23NO3S. The van der Waals surface area contributed by atoms with E-state index in [0.29, 0.717) is 24.6 Å². The standard InChI is InChI=1S/C20H23NO3S/c1-14(2)16-8-7-15-9-10-21(13-18(15)11-16)20(22)17-5-4-6-19(12-17)25(3,23)24/h4-8,11-12,14H,9-10,13H2,1-3H3. The first-order valence-corrected chi connectivity index (χ1v) is 10.4. The Kier molecular flexibility index (Phi) is 4.69. The molecule has 4 nitrogen and oxygen atoms in total. The molecular weight excluding hydrogens is 334 g/mol. The number of nitrogens with zero attached hydrogens (tertiary/aromatic N) is 1. The first kappa shape index (κ1) is 17.7. The number of amides is 1. The van der Waals surface area contributed by atoms with E-state index in [9.17, 15) is 13.2 Å². The summed E-state index contributed by atoms with van der Waals surface area (Å²) in [5.41, 5.74) is 4.17. The Balaban J connectivity index is 1.86. The molecule has 0 spiro atoms. The fourth-order valence-corrected chi connectivity index (χ4v) is 3.82. The minimum Gasteiger partial charge on any atom is -0.334 e. The second-order valence-electron chi connectivity index (χ2n) is 6.96. The van der Waals surface area contributed by atoms with Gasteiger partial charge in [0.1, 0.15) is 0 Å². The molecule has 0 aromatic heterocycles. The Bertz CT molecular complexity index is 916. The highest BCUT2D eigenvalue weighted by atomic mass is 32.2. The van der Waals surface area contributed by atoms with Crippen molar-refractivity contribution in [1.82, 2.24) is 4.90 Å². The zero-order chi connectivity index (χ0) is 18.2. The van der Waals surface area contributed by atoms with Gasteiger partial charge in [0.25, 0.3) is 5.91 Å². The molecule has 0 saturated heterocycles. The number of fused-ring (bicyclic) bond motifs is 1. The number of hydrogen-bond acceptors (Lipinski definition) is 3. The van der Waals surface area contributed by atoms with Crippen LogP contribution in [0.2, 0.25) is 0 Å². The van der Waals surface area contributed by atoms with E-state index in [1.807, 2.05) is 0 Å². The Labute approximate surface area is 149 Å². The number of rotatable bonds is 3. The van der Waals surface area contributed by atoms with Gasteiger partial charge in [0, 0.05) is 24.9 Å². The number of carbonyl (C=O) groups is 1. The van der Waals surface area contributed by atoms with Gasteiger partial charge in [-0.2, -0.15) is 0 Å². The first-order chi connectivity index (χ1) is 11.8. The predicted octanol–water partition coefficient (Wildman–Crippen LogP) is 3.41. The molecule has 0 aliphatic carbocycles. The van der Waals surface area contributed by atoms with Crippen molar-refractivity contribution in [3.05, 3.63) is 64.7 Å². The molecule has 1 amide bonds. The van der Waals surface area contributed by atoms with Crippen LogP contribution in [0.25, 0.3) is 0 Å². The normalized spacial score (nSPS) is 14.5. The van der Waals surface area contributed by atoms with E-state index < -0.39 is 9.84 Å². The van der Waals surface area contributed by atoms with Crippen LogP contribution in [-0.4, -0.2) is 32.0 Å². The lowest BCUT2D eigenvalue weighted by atomic mass is 9.93. The molecule has 0 saturated carbocycles. The minimum absolute atomic E-state index is 0.119. The molecule has 0 bridgehead atoms. The topological polar surface area (TPSA) is 54.5 Å². The van der Waals surface area contributed by atoms with E-state index in [1.165, 1.54) is 28.8 Å². The van der Waals surface area contributed by atoms with Crippen LogP contribution in [0.4, 0.5) is 0 Å². The van der Waals surface area contributed by atoms with Gasteiger partial charge in [-0.3, -0.25) is 4.79 Å². The average molecular weight is 357 g/mol. The Hall–Kier alpha value is -2.14. The third kappa shape index (κ3) is 3.76. The zero-order valence-corrected chi connectivity index (χ0v) is 15.6. The molecule has 2 aromatic carbocycles. The molecule has 132 valence electrons. The maximum Gasteiger partial charge on any atom is 0.254 e. The summed E-state index contributed by atoms with van der Waals surface area (Å²) in [5.74, 6) is 0.328. The number of carbonyl (C=O) groups excluding carboxylic acids is 1. The molecule has 0 N–H and O–H groups in total. The molecule has 1 aliphatic heterocycles. The van der Waals surface area contributed by atoms with Crippen molar-refractivity contribution in [3.8, 4) is 0 Å². The second-order valence-corrected chi connectivity index (χ2v) is 8.98. The summed E-state index contributed by atoms with van der Waals surface area (Å²) in [6.45, 7) is 5.53. The summed E-state index contributed by atoms with van der Waals surface area (Å²) in [5, 5.41) is 0. The zero-order valence-electron chi connectivity index (χ0n) is 14.8. The highest BCUT2D eigenvalue weighted by Crippen LogP contribution is 2.25. The third-order valence-corrected chi connectivity index (χ3v) is 5.82. The third-order valence-electron chi connectivity index (χ3n) is 4.71. The highest BCUT2D eigenvalue weighted by Gasteiger charge is 2.23. The Morgan fingerprint density at radius 2 is 1.84 bits per heavy atom. The molecule has 1 aliphatic rings. The van der Waals surface area contributed by atoms with Crippen molar-refractivity contribution in [1.29, 1.82) is 0 Å². The molecule has 2 aromatic rings. The van der Waals surface area contributed by atoms with Crippen molar-refractivity contribution in [3.63, 3.8) is 0 Å². The monoisotopic (exact) mass is 357 g/mol. The van der Waals surface area contributed by atoms with Crippen molar-refractivity contribution in [2.24, 2.45) is 0 Å². The van der Waals surface area contributed by atoms with Gasteiger partial charge in [0.05, 0.1) is 4.90 Å². The number of sulfone groups is 1. The van der Waals surface area contributed by atoms with Crippen molar-refractivity contribution >= 4 is 15.7 Å². The average Bonchev–Trinajstić information content (AvgIpc) is 2.59. The lowest BCUT2D eigenvalue weighted by molar-refractivity contribution is 0.0734. The second kappa shape index (κ2) is 6.64. The highest BCUT2D eigenvalue weighted by molar-refractivity contribution is 7.90. The molecule has 0 atom stereocenters. The van der Waals surface area contributed by atoms with Gasteiger partial charge in [0.2, 0.25) is 0 Å². The molecule has 1 heterocycles. The number of benzene rings is 2. The maximum atomic E-state index is 12.8. The summed E-state index contributed by atoms with van der Waals surface area (Å²) in [6, 6.07) is 12.8. The Morgan fingerprint density at radius 1 is 1.08 bits per heavy atom. The molecule has 5 heteroatoms. The predicted molar refractivity (Wildman–Crippen MR) is 98.5 cm³/mol. The van der Waals surface area contributed by atoms with Gasteiger partial charge in [0.15, 0.2) is 9.84 Å². The van der Waals surface area contributed by atoms with Gasteiger partial charge in [-0.15, -0.1) is 0 Å². The molecule has 0 fully saturated rings. The van der Waals surface area contributed by atoms with Gasteiger partial charge in [-0.1, -0.05) is 38.1 Å². The van der Waals surface area contributed by atoms with Crippen LogP contribution in [0.15, 0.2) is 47.4 Å². The first-order valence-electron chi connectivity index (χ1n) is 8.47. The molecule has 3 rings (SSSR count). The van der Waals surface area contributed by atoms with E-state index in [0.717, 1.165) is 12.7 Å². The smallest absolute Gasteiger partial charge is 0.254 e. The van der Waals surface area contributed by atoms with E-state index in [1.54, 1.807) is 17.0 Å². The molecule has 0 radical (unpaired) electrons. The minimum atomic E-state index is -3.32. The van der Waals surface area contributed by atoms with Crippen LogP contribution >= 0.6 is 0 Å². The number of hydrogen-bond donors (Lipinski definition) is 0. The van der Waals surface area contributed by atoms with E-state index in [4.69, 9.17) is 0 Å². The van der Waals surface area contributed by atoms with Crippen molar-refractivity contribution in [2.45, 2.75) is 37.6 Å². The van der Waals surface area contributed by atoms with Gasteiger partial charge >= 0.3 is 0 Å². The SMILES string of the molecule is CC(C)c1ccc2c(c1)CN(C(=O)c1cccc(S(C)(=O)=O)c1)CC2. The van der Waals surface area contributed by atoms with E-state index >= 15 is 0 Å². The maximum absolute atomic E-state index is 12.8. The van der Waals surface area contributed by atoms with Gasteiger partial charge in [-0.25, -0.2) is 8.42 Å². The molecule has 0 unspecified atom stereocenters. The molecule has 25 heavy (non-hydrogen) atoms. The fraction of sp³-hybridized carbons (Fsp3) is 0.350. The van der Waals surface area contributed by atoms with Crippen LogP contribution in [0.3, 0.4) is 0 Å². The Morgan fingerprint density at radius 3 is 2.52 bits per heavy atom. The van der Waals surface area contributed by atoms with Gasteiger partial charge in [-0.05, 0) is 47.2 Å². The van der Waals surface area contributed by atoms with Crippen LogP contribution in [0, 0.1) is 0 Å². The van der Waals surface area contributed by atoms with Crippen LogP contribution in [0.1, 0.15) is 46.8 Å². The lowest BCUT2D eigenvalue weighted by Gasteiger charge is -2.29. The van der Waals surface area contributed by atoms with E-state index in [-0.39, 0.29) is 10.8 Å². The summed E-state index contributed by atoms with van der Waals surface area (Å²) in [4.78, 5) is 14.8. The van der Waals surface area contributed by atoms with Crippen LogP contribution < -0.4 is 0 Å². The summed E-state index contributed by atoms with van der Waals surface area (Å²) < 4.78 is 23.4. The van der Waals surface area contributed by atoms with Gasteiger partial charge < -0.3 is 4.90 Å². The van der Waals surface area contributed by atoms with Crippen molar-refractivity contribution in [2.75, 3.05) is 12.8 Å². The summed E-state index contributed by atoms with van der Waals surface area (Å²) in [6.07, 6.45) is 1.98. The lowest BCUT2D eigenvalue weighted by Crippen LogP contribution is -2.36. The van der Waals surface area contributed by atoms with Crippen LogP contribution in [-0.2, 0) is 22.8 Å². The summed E-state index contributed by atoms with van der Waals surface area (Å²) in [7, 11) is -3.32. The fourth-order valence-electron chi connectivity index (χ4n) is 3.15. The largest absolute Gasteiger partial charge is 0.334 e. The van der Waals surface area contributed by atoms with E-state index in [2.05, 4.69) is 32.0 Å². The van der Waals surface area contributed by atoms with Crippen molar-refractivity contribution < 1.29 is 13.2 Å².